The molecule has 2 aliphatic rings. The standard InChI is InChI=1S/C25H29ClN4O2/c26-21-6-4-20(5-7-21)25(8-2-1-3-9-25)24(31)30-12-13-32-18-19(16-30)14-22-17-29-11-10-27-23(29)15-28-22/h4-7,10-11,15,17,19H,1-3,8-9,12-14,16,18H2/t19-/m1/s1. The molecule has 1 aromatic carbocycles. The number of aromatic nitrogens is 3. The highest BCUT2D eigenvalue weighted by atomic mass is 35.5. The zero-order valence-corrected chi connectivity index (χ0v) is 19.0. The predicted molar refractivity (Wildman–Crippen MR) is 124 cm³/mol. The number of carbonyl (C=O) groups excluding carboxylic acids is 1. The van der Waals surface area contributed by atoms with Crippen LogP contribution in [0.1, 0.15) is 43.4 Å². The van der Waals surface area contributed by atoms with Gasteiger partial charge in [0.15, 0.2) is 5.65 Å². The Bertz CT molecular complexity index is 1070. The summed E-state index contributed by atoms with van der Waals surface area (Å²) in [6.07, 6.45) is 13.4. The number of amides is 1. The molecule has 1 saturated heterocycles. The SMILES string of the molecule is O=C(N1CCOC[C@H](Cc2cn3ccnc3cn2)C1)C1(c2ccc(Cl)cc2)CCCCC1. The second-order valence-corrected chi connectivity index (χ2v) is 9.55. The largest absolute Gasteiger partial charge is 0.379 e. The van der Waals surface area contributed by atoms with Crippen LogP contribution in [-0.4, -0.2) is 51.5 Å². The smallest absolute Gasteiger partial charge is 0.233 e. The third kappa shape index (κ3) is 4.26. The molecule has 32 heavy (non-hydrogen) atoms. The van der Waals surface area contributed by atoms with Crippen LogP contribution >= 0.6 is 11.6 Å². The summed E-state index contributed by atoms with van der Waals surface area (Å²) in [5.74, 6) is 0.453. The fourth-order valence-corrected chi connectivity index (χ4v) is 5.44. The Balaban J connectivity index is 1.37. The first-order chi connectivity index (χ1) is 15.6. The van der Waals surface area contributed by atoms with Crippen molar-refractivity contribution < 1.29 is 9.53 Å². The number of rotatable bonds is 4. The molecule has 1 amide bonds. The third-order valence-corrected chi connectivity index (χ3v) is 7.22. The highest BCUT2D eigenvalue weighted by molar-refractivity contribution is 6.30. The summed E-state index contributed by atoms with van der Waals surface area (Å²) in [5, 5.41) is 0.706. The molecular weight excluding hydrogens is 424 g/mol. The molecule has 168 valence electrons. The summed E-state index contributed by atoms with van der Waals surface area (Å²) in [4.78, 5) is 25.0. The van der Waals surface area contributed by atoms with Gasteiger partial charge < -0.3 is 14.0 Å². The first kappa shape index (κ1) is 21.4. The van der Waals surface area contributed by atoms with Crippen molar-refractivity contribution in [3.8, 4) is 0 Å². The van der Waals surface area contributed by atoms with Crippen molar-refractivity contribution in [2.75, 3.05) is 26.3 Å². The van der Waals surface area contributed by atoms with Crippen molar-refractivity contribution in [2.24, 2.45) is 5.92 Å². The molecule has 1 aliphatic heterocycles. The Labute approximate surface area is 193 Å². The predicted octanol–water partition coefficient (Wildman–Crippen LogP) is 4.30. The topological polar surface area (TPSA) is 59.7 Å². The maximum absolute atomic E-state index is 14.1. The van der Waals surface area contributed by atoms with Crippen LogP contribution in [0.15, 0.2) is 49.1 Å². The van der Waals surface area contributed by atoms with E-state index in [1.165, 1.54) is 6.42 Å². The number of nitrogens with zero attached hydrogens (tertiary/aromatic N) is 4. The Kier molecular flexibility index (Phi) is 6.15. The van der Waals surface area contributed by atoms with Crippen LogP contribution < -0.4 is 0 Å². The van der Waals surface area contributed by atoms with Crippen LogP contribution in [-0.2, 0) is 21.4 Å². The Morgan fingerprint density at radius 2 is 1.97 bits per heavy atom. The van der Waals surface area contributed by atoms with Crippen LogP contribution in [0.5, 0.6) is 0 Å². The number of imidazole rings is 1. The number of hydrogen-bond donors (Lipinski definition) is 0. The maximum atomic E-state index is 14.1. The third-order valence-electron chi connectivity index (χ3n) is 6.97. The van der Waals surface area contributed by atoms with E-state index in [-0.39, 0.29) is 11.8 Å². The highest BCUT2D eigenvalue weighted by Crippen LogP contribution is 2.41. The quantitative estimate of drug-likeness (QED) is 0.592. The second kappa shape index (κ2) is 9.20. The maximum Gasteiger partial charge on any atom is 0.233 e. The van der Waals surface area contributed by atoms with Gasteiger partial charge in [0.1, 0.15) is 0 Å². The van der Waals surface area contributed by atoms with Gasteiger partial charge in [0, 0.05) is 42.6 Å². The monoisotopic (exact) mass is 452 g/mol. The van der Waals surface area contributed by atoms with E-state index in [1.807, 2.05) is 46.0 Å². The summed E-state index contributed by atoms with van der Waals surface area (Å²) in [6.45, 7) is 2.55. The summed E-state index contributed by atoms with van der Waals surface area (Å²) in [7, 11) is 0. The van der Waals surface area contributed by atoms with Crippen molar-refractivity contribution in [1.29, 1.82) is 0 Å². The van der Waals surface area contributed by atoms with Crippen molar-refractivity contribution in [2.45, 2.75) is 43.9 Å². The van der Waals surface area contributed by atoms with Gasteiger partial charge in [-0.05, 0) is 37.0 Å². The molecule has 0 unspecified atom stereocenters. The number of halogens is 1. The van der Waals surface area contributed by atoms with Gasteiger partial charge in [-0.15, -0.1) is 0 Å². The van der Waals surface area contributed by atoms with Gasteiger partial charge in [0.05, 0.1) is 30.5 Å². The van der Waals surface area contributed by atoms with E-state index in [1.54, 1.807) is 12.4 Å². The van der Waals surface area contributed by atoms with E-state index < -0.39 is 5.41 Å². The second-order valence-electron chi connectivity index (χ2n) is 9.12. The lowest BCUT2D eigenvalue weighted by molar-refractivity contribution is -0.139. The van der Waals surface area contributed by atoms with E-state index >= 15 is 0 Å². The molecule has 1 atom stereocenters. The molecule has 0 radical (unpaired) electrons. The fourth-order valence-electron chi connectivity index (χ4n) is 5.31. The first-order valence-electron chi connectivity index (χ1n) is 11.5. The van der Waals surface area contributed by atoms with E-state index in [4.69, 9.17) is 16.3 Å². The molecule has 0 spiro atoms. The minimum absolute atomic E-state index is 0.209. The van der Waals surface area contributed by atoms with E-state index in [0.717, 1.165) is 49.0 Å². The van der Waals surface area contributed by atoms with Crippen molar-refractivity contribution in [3.63, 3.8) is 0 Å². The molecule has 5 rings (SSSR count). The minimum Gasteiger partial charge on any atom is -0.379 e. The Morgan fingerprint density at radius 1 is 1.16 bits per heavy atom. The molecule has 3 heterocycles. The van der Waals surface area contributed by atoms with Gasteiger partial charge >= 0.3 is 0 Å². The van der Waals surface area contributed by atoms with Crippen molar-refractivity contribution >= 4 is 23.2 Å². The number of carbonyl (C=O) groups is 1. The minimum atomic E-state index is -0.453. The summed E-state index contributed by atoms with van der Waals surface area (Å²) in [6, 6.07) is 7.91. The molecule has 2 fully saturated rings. The van der Waals surface area contributed by atoms with Crippen LogP contribution in [0.2, 0.25) is 5.02 Å². The molecule has 7 heteroatoms. The van der Waals surface area contributed by atoms with Gasteiger partial charge in [-0.3, -0.25) is 9.78 Å². The molecule has 0 bridgehead atoms. The number of benzene rings is 1. The van der Waals surface area contributed by atoms with E-state index in [2.05, 4.69) is 9.97 Å². The summed E-state index contributed by atoms with van der Waals surface area (Å²) < 4.78 is 7.90. The number of hydrogen-bond acceptors (Lipinski definition) is 4. The van der Waals surface area contributed by atoms with Crippen LogP contribution in [0, 0.1) is 5.92 Å². The van der Waals surface area contributed by atoms with Gasteiger partial charge in [0.2, 0.25) is 5.91 Å². The van der Waals surface area contributed by atoms with Crippen LogP contribution in [0.3, 0.4) is 0 Å². The van der Waals surface area contributed by atoms with Crippen LogP contribution in [0.4, 0.5) is 0 Å². The highest BCUT2D eigenvalue weighted by Gasteiger charge is 2.44. The molecule has 3 aromatic rings. The van der Waals surface area contributed by atoms with Gasteiger partial charge in [-0.25, -0.2) is 4.98 Å². The summed E-state index contributed by atoms with van der Waals surface area (Å²) in [5.41, 5.74) is 2.47. The Morgan fingerprint density at radius 3 is 2.78 bits per heavy atom. The fraction of sp³-hybridized carbons (Fsp3) is 0.480. The Hall–Kier alpha value is -2.44. The molecule has 1 aliphatic carbocycles. The van der Waals surface area contributed by atoms with Crippen molar-refractivity contribution in [3.05, 3.63) is 65.3 Å². The van der Waals surface area contributed by atoms with E-state index in [0.29, 0.717) is 31.3 Å². The van der Waals surface area contributed by atoms with Gasteiger partial charge in [-0.2, -0.15) is 0 Å². The number of ether oxygens (including phenoxy) is 1. The molecule has 1 saturated carbocycles. The van der Waals surface area contributed by atoms with Gasteiger partial charge in [0.25, 0.3) is 0 Å². The zero-order valence-electron chi connectivity index (χ0n) is 18.3. The lowest BCUT2D eigenvalue weighted by atomic mass is 9.68. The van der Waals surface area contributed by atoms with Crippen LogP contribution in [0.25, 0.3) is 5.65 Å². The molecule has 6 nitrogen and oxygen atoms in total. The lowest BCUT2D eigenvalue weighted by Crippen LogP contribution is -2.50. The lowest BCUT2D eigenvalue weighted by Gasteiger charge is -2.40. The summed E-state index contributed by atoms with van der Waals surface area (Å²) >= 11 is 6.15. The first-order valence-corrected chi connectivity index (χ1v) is 11.9. The van der Waals surface area contributed by atoms with Crippen molar-refractivity contribution in [1.82, 2.24) is 19.3 Å². The average Bonchev–Trinajstić information content (AvgIpc) is 3.17. The van der Waals surface area contributed by atoms with E-state index in [9.17, 15) is 4.79 Å². The zero-order chi connectivity index (χ0) is 22.0. The average molecular weight is 453 g/mol. The number of fused-ring (bicyclic) bond motifs is 1. The molecule has 2 aromatic heterocycles. The molecular formula is C25H29ClN4O2. The van der Waals surface area contributed by atoms with Gasteiger partial charge in [-0.1, -0.05) is 43.0 Å². The normalized spacial score (nSPS) is 21.4. The molecule has 0 N–H and O–H groups in total.